The van der Waals surface area contributed by atoms with E-state index in [9.17, 15) is 9.59 Å². The molecule has 0 aliphatic heterocycles. The zero-order valence-corrected chi connectivity index (χ0v) is 24.6. The first-order valence-electron chi connectivity index (χ1n) is 12.7. The Morgan fingerprint density at radius 3 is 2.39 bits per heavy atom. The van der Waals surface area contributed by atoms with Crippen molar-refractivity contribution in [1.82, 2.24) is 9.99 Å². The van der Waals surface area contributed by atoms with E-state index in [1.165, 1.54) is 23.3 Å². The SMILES string of the molecule is COc1ccc(COCc2sc(NC(=S)N(N)Cc3cccnc3)c(C(=O)c3ccc(NC(C)=O)cc3)c2C)cc1. The highest BCUT2D eigenvalue weighted by Gasteiger charge is 2.24. The van der Waals surface area contributed by atoms with Crippen LogP contribution in [0.2, 0.25) is 0 Å². The van der Waals surface area contributed by atoms with Gasteiger partial charge in [0.2, 0.25) is 5.91 Å². The van der Waals surface area contributed by atoms with Crippen LogP contribution in [0.15, 0.2) is 73.1 Å². The van der Waals surface area contributed by atoms with E-state index in [1.807, 2.05) is 43.3 Å². The molecule has 0 fully saturated rings. The second-order valence-electron chi connectivity index (χ2n) is 9.20. The average molecular weight is 590 g/mol. The van der Waals surface area contributed by atoms with Crippen molar-refractivity contribution >= 4 is 51.0 Å². The minimum Gasteiger partial charge on any atom is -0.497 e. The van der Waals surface area contributed by atoms with E-state index < -0.39 is 0 Å². The number of hydrogen-bond acceptors (Lipinski definition) is 8. The molecule has 0 bridgehead atoms. The summed E-state index contributed by atoms with van der Waals surface area (Å²) in [6, 6.07) is 18.2. The number of methoxy groups -OCH3 is 1. The Kier molecular flexibility index (Phi) is 10.1. The van der Waals surface area contributed by atoms with Gasteiger partial charge in [-0.25, -0.2) is 5.84 Å². The van der Waals surface area contributed by atoms with Gasteiger partial charge in [-0.15, -0.1) is 11.3 Å². The lowest BCUT2D eigenvalue weighted by Crippen LogP contribution is -2.39. The van der Waals surface area contributed by atoms with E-state index in [0.717, 1.165) is 27.3 Å². The van der Waals surface area contributed by atoms with Crippen molar-refractivity contribution in [3.8, 4) is 5.75 Å². The van der Waals surface area contributed by atoms with E-state index in [1.54, 1.807) is 43.8 Å². The molecule has 11 heteroatoms. The number of nitrogens with zero attached hydrogens (tertiary/aromatic N) is 2. The lowest BCUT2D eigenvalue weighted by Gasteiger charge is -2.20. The predicted octanol–water partition coefficient (Wildman–Crippen LogP) is 5.44. The van der Waals surface area contributed by atoms with Crippen molar-refractivity contribution in [2.75, 3.05) is 17.7 Å². The zero-order chi connectivity index (χ0) is 29.4. The number of anilines is 2. The molecule has 0 radical (unpaired) electrons. The molecule has 0 aliphatic rings. The van der Waals surface area contributed by atoms with Gasteiger partial charge in [0, 0.05) is 35.4 Å². The number of nitrogens with two attached hydrogens (primary N) is 1. The molecule has 0 aliphatic carbocycles. The highest BCUT2D eigenvalue weighted by Crippen LogP contribution is 2.36. The number of rotatable bonds is 11. The number of thiophene rings is 1. The molecule has 2 aromatic heterocycles. The van der Waals surface area contributed by atoms with Crippen molar-refractivity contribution in [2.24, 2.45) is 5.84 Å². The van der Waals surface area contributed by atoms with Gasteiger partial charge in [-0.2, -0.15) is 0 Å². The minimum absolute atomic E-state index is 0.185. The number of carbonyl (C=O) groups excluding carboxylic acids is 2. The maximum Gasteiger partial charge on any atom is 0.221 e. The Balaban J connectivity index is 1.56. The number of ketones is 1. The molecular formula is C30H31N5O4S2. The van der Waals surface area contributed by atoms with Gasteiger partial charge in [0.1, 0.15) is 10.8 Å². The molecule has 0 saturated heterocycles. The summed E-state index contributed by atoms with van der Waals surface area (Å²) in [5.41, 5.74) is 4.26. The van der Waals surface area contributed by atoms with E-state index in [-0.39, 0.29) is 16.8 Å². The molecule has 2 heterocycles. The number of benzene rings is 2. The van der Waals surface area contributed by atoms with Crippen LogP contribution in [0.3, 0.4) is 0 Å². The molecule has 4 aromatic rings. The number of aromatic nitrogens is 1. The molecule has 0 atom stereocenters. The second-order valence-corrected chi connectivity index (χ2v) is 10.7. The van der Waals surface area contributed by atoms with Gasteiger partial charge in [0.25, 0.3) is 0 Å². The van der Waals surface area contributed by atoms with E-state index in [0.29, 0.717) is 41.6 Å². The van der Waals surface area contributed by atoms with E-state index >= 15 is 0 Å². The van der Waals surface area contributed by atoms with Crippen LogP contribution in [0, 0.1) is 6.92 Å². The van der Waals surface area contributed by atoms with Crippen LogP contribution >= 0.6 is 23.6 Å². The standard InChI is InChI=1S/C30H31N5O4S2/c1-19-26(18-39-17-21-6-12-25(38-3)13-7-21)41-29(34-30(40)35(31)16-22-5-4-14-32-15-22)27(19)28(37)23-8-10-24(11-9-23)33-20(2)36/h4-15H,16-18,31H2,1-3H3,(H,33,36)(H,34,40). The molecule has 4 rings (SSSR count). The number of hydrazine groups is 1. The number of carbonyl (C=O) groups is 2. The normalized spacial score (nSPS) is 10.6. The summed E-state index contributed by atoms with van der Waals surface area (Å²) < 4.78 is 11.2. The molecule has 41 heavy (non-hydrogen) atoms. The fourth-order valence-corrected chi connectivity index (χ4v) is 5.40. The first-order valence-corrected chi connectivity index (χ1v) is 13.9. The summed E-state index contributed by atoms with van der Waals surface area (Å²) in [6.45, 7) is 4.38. The third-order valence-electron chi connectivity index (χ3n) is 6.16. The number of thiocarbonyl (C=S) groups is 1. The Bertz CT molecular complexity index is 1510. The van der Waals surface area contributed by atoms with Crippen LogP contribution < -0.4 is 21.2 Å². The maximum absolute atomic E-state index is 13.8. The summed E-state index contributed by atoms with van der Waals surface area (Å²) in [6.07, 6.45) is 3.41. The minimum atomic E-state index is -0.186. The van der Waals surface area contributed by atoms with Gasteiger partial charge in [-0.05, 0) is 78.3 Å². The first kappa shape index (κ1) is 29.8. The summed E-state index contributed by atoms with van der Waals surface area (Å²) in [4.78, 5) is 30.2. The molecule has 212 valence electrons. The molecule has 0 unspecified atom stereocenters. The topological polar surface area (TPSA) is 119 Å². The zero-order valence-electron chi connectivity index (χ0n) is 23.0. The van der Waals surface area contributed by atoms with Gasteiger partial charge in [-0.3, -0.25) is 19.6 Å². The monoisotopic (exact) mass is 589 g/mol. The number of pyridine rings is 1. The van der Waals surface area contributed by atoms with Crippen molar-refractivity contribution < 1.29 is 19.1 Å². The Morgan fingerprint density at radius 2 is 1.76 bits per heavy atom. The molecule has 4 N–H and O–H groups in total. The number of hydrogen-bond donors (Lipinski definition) is 3. The largest absolute Gasteiger partial charge is 0.497 e. The van der Waals surface area contributed by atoms with Crippen LogP contribution in [-0.4, -0.2) is 33.9 Å². The van der Waals surface area contributed by atoms with Gasteiger partial charge in [0.05, 0.1) is 32.4 Å². The Morgan fingerprint density at radius 1 is 1.02 bits per heavy atom. The third kappa shape index (κ3) is 7.95. The molecule has 9 nitrogen and oxygen atoms in total. The van der Waals surface area contributed by atoms with Crippen LogP contribution in [0.1, 0.15) is 44.4 Å². The fourth-order valence-electron chi connectivity index (χ4n) is 4.02. The van der Waals surface area contributed by atoms with Crippen molar-refractivity contribution in [3.05, 3.63) is 106 Å². The van der Waals surface area contributed by atoms with Gasteiger partial charge in [-0.1, -0.05) is 18.2 Å². The number of amides is 1. The van der Waals surface area contributed by atoms with E-state index in [4.69, 9.17) is 27.5 Å². The lowest BCUT2D eigenvalue weighted by atomic mass is 10.0. The van der Waals surface area contributed by atoms with Crippen molar-refractivity contribution in [3.63, 3.8) is 0 Å². The lowest BCUT2D eigenvalue weighted by molar-refractivity contribution is -0.114. The van der Waals surface area contributed by atoms with Crippen LogP contribution in [0.25, 0.3) is 0 Å². The Labute approximate surface area is 248 Å². The summed E-state index contributed by atoms with van der Waals surface area (Å²) in [7, 11) is 1.63. The van der Waals surface area contributed by atoms with Crippen LogP contribution in [0.4, 0.5) is 10.7 Å². The van der Waals surface area contributed by atoms with Gasteiger partial charge < -0.3 is 20.1 Å². The second kappa shape index (κ2) is 14.0. The smallest absolute Gasteiger partial charge is 0.221 e. The molecule has 1 amide bonds. The maximum atomic E-state index is 13.8. The third-order valence-corrected chi connectivity index (χ3v) is 7.68. The summed E-state index contributed by atoms with van der Waals surface area (Å²) in [5, 5.41) is 8.14. The highest BCUT2D eigenvalue weighted by molar-refractivity contribution is 7.80. The highest BCUT2D eigenvalue weighted by atomic mass is 32.1. The summed E-state index contributed by atoms with van der Waals surface area (Å²) in [5.74, 6) is 6.66. The fraction of sp³-hybridized carbons (Fsp3) is 0.200. The van der Waals surface area contributed by atoms with Crippen molar-refractivity contribution in [2.45, 2.75) is 33.6 Å². The number of ether oxygens (including phenoxy) is 2. The molecular weight excluding hydrogens is 558 g/mol. The Hall–Kier alpha value is -4.16. The van der Waals surface area contributed by atoms with Gasteiger partial charge >= 0.3 is 0 Å². The van der Waals surface area contributed by atoms with Crippen LogP contribution in [-0.2, 0) is 29.3 Å². The molecule has 2 aromatic carbocycles. The van der Waals surface area contributed by atoms with E-state index in [2.05, 4.69) is 15.6 Å². The molecule has 0 spiro atoms. The number of nitrogens with one attached hydrogen (secondary N) is 2. The molecule has 0 saturated carbocycles. The van der Waals surface area contributed by atoms with Crippen LogP contribution in [0.5, 0.6) is 5.75 Å². The quantitative estimate of drug-likeness (QED) is 0.0910. The van der Waals surface area contributed by atoms with Crippen molar-refractivity contribution in [1.29, 1.82) is 0 Å². The first-order chi connectivity index (χ1) is 19.7. The van der Waals surface area contributed by atoms with Gasteiger partial charge in [0.15, 0.2) is 10.9 Å². The predicted molar refractivity (Wildman–Crippen MR) is 165 cm³/mol. The summed E-state index contributed by atoms with van der Waals surface area (Å²) >= 11 is 6.98. The average Bonchev–Trinajstić information content (AvgIpc) is 3.27.